The van der Waals surface area contributed by atoms with Gasteiger partial charge in [0, 0.05) is 22.8 Å². The molecule has 2 saturated heterocycles. The molecular weight excluding hydrogens is 491 g/mol. The normalized spacial score (nSPS) is 20.2. The fraction of sp³-hybridized carbons (Fsp3) is 0.600. The Morgan fingerprint density at radius 3 is 2.24 bits per heavy atom. The van der Waals surface area contributed by atoms with E-state index in [1.807, 2.05) is 43.3 Å². The first-order valence-corrected chi connectivity index (χ1v) is 13.0. The third-order valence-corrected chi connectivity index (χ3v) is 8.96. The molecule has 2 amide bonds. The molecule has 0 spiro atoms. The molecule has 1 aromatic heterocycles. The zero-order valence-electron chi connectivity index (χ0n) is 20.5. The van der Waals surface area contributed by atoms with Gasteiger partial charge in [-0.2, -0.15) is 0 Å². The summed E-state index contributed by atoms with van der Waals surface area (Å²) in [6.07, 6.45) is 4.63. The topological polar surface area (TPSA) is 55.9 Å². The van der Waals surface area contributed by atoms with E-state index in [2.05, 4.69) is 17.3 Å². The van der Waals surface area contributed by atoms with Gasteiger partial charge in [0.1, 0.15) is 0 Å². The van der Waals surface area contributed by atoms with Crippen LogP contribution in [0.2, 0.25) is 5.02 Å². The van der Waals surface area contributed by atoms with Crippen molar-refractivity contribution in [2.24, 2.45) is 11.8 Å². The van der Waals surface area contributed by atoms with Crippen molar-refractivity contribution in [1.29, 1.82) is 0 Å². The Hall–Kier alpha value is -1.38. The minimum absolute atomic E-state index is 0. The number of carbonyl (C=O) groups is 2. The number of likely N-dealkylation sites (tertiary alicyclic amines) is 2. The van der Waals surface area contributed by atoms with E-state index in [4.69, 9.17) is 11.6 Å². The van der Waals surface area contributed by atoms with Crippen LogP contribution in [-0.4, -0.2) is 79.5 Å². The highest BCUT2D eigenvalue weighted by Crippen LogP contribution is 2.33. The number of halogens is 2. The molecule has 0 radical (unpaired) electrons. The third-order valence-electron chi connectivity index (χ3n) is 7.63. The summed E-state index contributed by atoms with van der Waals surface area (Å²) in [5, 5.41) is 4.65. The molecular formula is C25H36Cl2N4O2S. The molecule has 1 N–H and O–H groups in total. The number of likely N-dealkylation sites (N-methyl/N-ethyl adjacent to an activating group) is 1. The highest BCUT2D eigenvalue weighted by molar-refractivity contribution is 7.20. The largest absolute Gasteiger partial charge is 0.339 e. The number of hydrogen-bond acceptors (Lipinski definition) is 5. The first-order valence-electron chi connectivity index (χ1n) is 11.8. The Balaban J connectivity index is 0.00000324. The summed E-state index contributed by atoms with van der Waals surface area (Å²) in [4.78, 5) is 33.5. The van der Waals surface area contributed by atoms with Gasteiger partial charge in [0.25, 0.3) is 11.8 Å². The van der Waals surface area contributed by atoms with E-state index in [9.17, 15) is 9.59 Å². The maximum absolute atomic E-state index is 13.6. The van der Waals surface area contributed by atoms with Crippen molar-refractivity contribution in [3.63, 3.8) is 0 Å². The molecule has 34 heavy (non-hydrogen) atoms. The maximum Gasteiger partial charge on any atom is 0.263 e. The highest BCUT2D eigenvalue weighted by Gasteiger charge is 2.42. The number of piperidine rings is 2. The Labute approximate surface area is 218 Å². The number of rotatable bonds is 5. The van der Waals surface area contributed by atoms with Crippen LogP contribution in [-0.2, 0) is 4.79 Å². The van der Waals surface area contributed by atoms with E-state index in [1.54, 1.807) is 11.8 Å². The number of carbonyl (C=O) groups excluding carboxylic acids is 2. The van der Waals surface area contributed by atoms with Crippen LogP contribution >= 0.6 is 35.3 Å². The van der Waals surface area contributed by atoms with Crippen LogP contribution in [0.25, 0.3) is 10.1 Å². The van der Waals surface area contributed by atoms with Crippen LogP contribution in [0.4, 0.5) is 0 Å². The van der Waals surface area contributed by atoms with Gasteiger partial charge in [-0.25, -0.2) is 0 Å². The van der Waals surface area contributed by atoms with Gasteiger partial charge in [0.2, 0.25) is 0 Å². The Morgan fingerprint density at radius 2 is 1.65 bits per heavy atom. The second-order valence-electron chi connectivity index (χ2n) is 9.98. The number of nitrogens with zero attached hydrogens (tertiary/aromatic N) is 3. The molecule has 0 unspecified atom stereocenters. The average Bonchev–Trinajstić information content (AvgIpc) is 3.22. The number of benzene rings is 1. The highest BCUT2D eigenvalue weighted by atomic mass is 35.5. The quantitative estimate of drug-likeness (QED) is 0.580. The standard InChI is InChI=1S/C25H35ClN4O2S.ClH/c1-25(28(2)3,27-23(31)22-15-19-5-6-20(26)16-21(19)33-22)24(32)30-13-9-18(10-14-30)17-7-11-29(4)12-8-17;/h5-6,15-18H,7-14H2,1-4H3,(H,27,31);1H/t25-;/m0./s1. The minimum atomic E-state index is -1.11. The second-order valence-corrected chi connectivity index (χ2v) is 11.5. The van der Waals surface area contributed by atoms with Crippen LogP contribution < -0.4 is 5.32 Å². The molecule has 1 aromatic carbocycles. The summed E-state index contributed by atoms with van der Waals surface area (Å²) in [6, 6.07) is 7.46. The predicted molar refractivity (Wildman–Crippen MR) is 143 cm³/mol. The average molecular weight is 528 g/mol. The van der Waals surface area contributed by atoms with Crippen molar-refractivity contribution in [3.8, 4) is 0 Å². The van der Waals surface area contributed by atoms with Crippen molar-refractivity contribution in [3.05, 3.63) is 34.2 Å². The fourth-order valence-corrected chi connectivity index (χ4v) is 6.37. The molecule has 0 aliphatic carbocycles. The number of amides is 2. The van der Waals surface area contributed by atoms with E-state index in [0.717, 1.165) is 41.9 Å². The van der Waals surface area contributed by atoms with E-state index in [0.29, 0.717) is 15.8 Å². The Kier molecular flexibility index (Phi) is 8.90. The lowest BCUT2D eigenvalue weighted by molar-refractivity contribution is -0.145. The smallest absolute Gasteiger partial charge is 0.263 e. The number of fused-ring (bicyclic) bond motifs is 1. The summed E-state index contributed by atoms with van der Waals surface area (Å²) in [5.41, 5.74) is -1.11. The van der Waals surface area contributed by atoms with Gasteiger partial charge in [-0.05, 0) is 102 Å². The van der Waals surface area contributed by atoms with Crippen LogP contribution in [0.1, 0.15) is 42.3 Å². The first kappa shape index (κ1) is 27.2. The third kappa shape index (κ3) is 5.71. The lowest BCUT2D eigenvalue weighted by Crippen LogP contribution is -2.65. The molecule has 3 heterocycles. The van der Waals surface area contributed by atoms with Crippen molar-refractivity contribution in [2.75, 3.05) is 47.3 Å². The van der Waals surface area contributed by atoms with Crippen LogP contribution in [0.3, 0.4) is 0 Å². The zero-order valence-corrected chi connectivity index (χ0v) is 22.9. The molecule has 9 heteroatoms. The molecule has 188 valence electrons. The number of nitrogens with one attached hydrogen (secondary N) is 1. The summed E-state index contributed by atoms with van der Waals surface area (Å²) in [5.74, 6) is 1.21. The summed E-state index contributed by atoms with van der Waals surface area (Å²) < 4.78 is 0.960. The van der Waals surface area contributed by atoms with Crippen LogP contribution in [0, 0.1) is 11.8 Å². The van der Waals surface area contributed by atoms with Gasteiger partial charge in [-0.1, -0.05) is 17.7 Å². The van der Waals surface area contributed by atoms with Gasteiger partial charge < -0.3 is 15.1 Å². The first-order chi connectivity index (χ1) is 15.7. The predicted octanol–water partition coefficient (Wildman–Crippen LogP) is 4.56. The van der Waals surface area contributed by atoms with Gasteiger partial charge in [0.15, 0.2) is 5.66 Å². The number of thiophene rings is 1. The van der Waals surface area contributed by atoms with Crippen molar-refractivity contribution in [1.82, 2.24) is 20.0 Å². The molecule has 4 rings (SSSR count). The molecule has 1 atom stereocenters. The number of hydrogen-bond donors (Lipinski definition) is 1. The van der Waals surface area contributed by atoms with Crippen LogP contribution in [0.15, 0.2) is 24.3 Å². The molecule has 0 bridgehead atoms. The van der Waals surface area contributed by atoms with E-state index in [-0.39, 0.29) is 24.2 Å². The van der Waals surface area contributed by atoms with Crippen molar-refractivity contribution >= 4 is 57.2 Å². The van der Waals surface area contributed by atoms with Gasteiger partial charge >= 0.3 is 0 Å². The SMILES string of the molecule is CN1CCC(C2CCN(C(=O)[C@@](C)(NC(=O)c3cc4ccc(Cl)cc4s3)N(C)C)CC2)CC1.Cl. The summed E-state index contributed by atoms with van der Waals surface area (Å²) in [7, 11) is 5.88. The molecule has 6 nitrogen and oxygen atoms in total. The summed E-state index contributed by atoms with van der Waals surface area (Å²) in [6.45, 7) is 5.69. The Bertz CT molecular complexity index is 1010. The minimum Gasteiger partial charge on any atom is -0.339 e. The van der Waals surface area contributed by atoms with Crippen molar-refractivity contribution in [2.45, 2.75) is 38.3 Å². The summed E-state index contributed by atoms with van der Waals surface area (Å²) >= 11 is 7.49. The second kappa shape index (κ2) is 11.1. The lowest BCUT2D eigenvalue weighted by atomic mass is 9.78. The lowest BCUT2D eigenvalue weighted by Gasteiger charge is -2.43. The molecule has 2 aliphatic rings. The monoisotopic (exact) mass is 526 g/mol. The van der Waals surface area contributed by atoms with E-state index >= 15 is 0 Å². The molecule has 0 saturated carbocycles. The fourth-order valence-electron chi connectivity index (χ4n) is 5.14. The van der Waals surface area contributed by atoms with Gasteiger partial charge in [-0.15, -0.1) is 23.7 Å². The van der Waals surface area contributed by atoms with Crippen molar-refractivity contribution < 1.29 is 9.59 Å². The molecule has 2 aliphatic heterocycles. The van der Waals surface area contributed by atoms with E-state index < -0.39 is 5.66 Å². The van der Waals surface area contributed by atoms with E-state index in [1.165, 1.54) is 37.3 Å². The van der Waals surface area contributed by atoms with Crippen LogP contribution in [0.5, 0.6) is 0 Å². The Morgan fingerprint density at radius 1 is 1.06 bits per heavy atom. The molecule has 2 fully saturated rings. The van der Waals surface area contributed by atoms with Gasteiger partial charge in [-0.3, -0.25) is 14.5 Å². The maximum atomic E-state index is 13.6. The zero-order chi connectivity index (χ0) is 23.8. The molecule has 2 aromatic rings. The van der Waals surface area contributed by atoms with Gasteiger partial charge in [0.05, 0.1) is 4.88 Å².